The average Bonchev–Trinajstić information content (AvgIpc) is 2.62. The van der Waals surface area contributed by atoms with Gasteiger partial charge in [-0.25, -0.2) is 0 Å². The number of nitrogens with one attached hydrogen (secondary N) is 1. The Morgan fingerprint density at radius 3 is 2.22 bits per heavy atom. The Hall–Kier alpha value is -2.10. The molecule has 4 heteroatoms. The molecule has 0 radical (unpaired) electrons. The third-order valence-electron chi connectivity index (χ3n) is 2.77. The number of hydrogen-bond acceptors (Lipinski definition) is 3. The summed E-state index contributed by atoms with van der Waals surface area (Å²) in [6.45, 7) is 7.67. The van der Waals surface area contributed by atoms with Gasteiger partial charge in [-0.3, -0.25) is 4.79 Å². The lowest BCUT2D eigenvalue weighted by Crippen LogP contribution is -2.15. The molecule has 0 saturated heterocycles. The summed E-state index contributed by atoms with van der Waals surface area (Å²) in [7, 11) is 0. The molecule has 4 nitrogen and oxygen atoms in total. The number of carbonyl (C=O) groups excluding carboxylic acids is 1. The Morgan fingerprint density at radius 2 is 1.72 bits per heavy atom. The molecule has 2 rings (SSSR count). The van der Waals surface area contributed by atoms with Gasteiger partial charge in [0, 0.05) is 11.6 Å². The minimum atomic E-state index is -0.154. The van der Waals surface area contributed by atoms with Gasteiger partial charge in [0.15, 0.2) is 5.82 Å². The topological polar surface area (TPSA) is 55.1 Å². The number of amides is 1. The number of aryl methyl sites for hydroxylation is 4. The van der Waals surface area contributed by atoms with Crippen LogP contribution < -0.4 is 5.32 Å². The lowest BCUT2D eigenvalue weighted by Gasteiger charge is -2.10. The highest BCUT2D eigenvalue weighted by molar-refractivity contribution is 6.05. The molecule has 2 aromatic rings. The summed E-state index contributed by atoms with van der Waals surface area (Å²) in [5.74, 6) is 0.956. The van der Waals surface area contributed by atoms with E-state index in [4.69, 9.17) is 4.52 Å². The largest absolute Gasteiger partial charge is 0.360 e. The van der Waals surface area contributed by atoms with Gasteiger partial charge >= 0.3 is 0 Å². The van der Waals surface area contributed by atoms with E-state index < -0.39 is 0 Å². The van der Waals surface area contributed by atoms with E-state index in [2.05, 4.69) is 10.5 Å². The van der Waals surface area contributed by atoms with E-state index in [9.17, 15) is 4.79 Å². The molecule has 0 spiro atoms. The zero-order valence-corrected chi connectivity index (χ0v) is 11.0. The smallest absolute Gasteiger partial charge is 0.257 e. The molecular weight excluding hydrogens is 228 g/mol. The second-order valence-corrected chi connectivity index (χ2v) is 4.55. The van der Waals surface area contributed by atoms with Crippen molar-refractivity contribution in [3.63, 3.8) is 0 Å². The molecule has 0 aliphatic rings. The Kier molecular flexibility index (Phi) is 3.19. The van der Waals surface area contributed by atoms with Gasteiger partial charge < -0.3 is 9.84 Å². The van der Waals surface area contributed by atoms with Crippen LogP contribution in [-0.2, 0) is 0 Å². The lowest BCUT2D eigenvalue weighted by atomic mass is 9.99. The van der Waals surface area contributed by atoms with E-state index >= 15 is 0 Å². The van der Waals surface area contributed by atoms with Crippen LogP contribution in [0.5, 0.6) is 0 Å². The van der Waals surface area contributed by atoms with E-state index in [1.165, 1.54) is 0 Å². The molecule has 0 fully saturated rings. The fourth-order valence-electron chi connectivity index (χ4n) is 2.14. The van der Waals surface area contributed by atoms with Crippen molar-refractivity contribution in [2.75, 3.05) is 5.32 Å². The van der Waals surface area contributed by atoms with Crippen molar-refractivity contribution >= 4 is 11.7 Å². The maximum absolute atomic E-state index is 12.2. The Bertz CT molecular complexity index is 577. The van der Waals surface area contributed by atoms with Gasteiger partial charge in [0.2, 0.25) is 0 Å². The number of rotatable bonds is 2. The molecule has 0 saturated carbocycles. The first kappa shape index (κ1) is 12.4. The van der Waals surface area contributed by atoms with Crippen LogP contribution >= 0.6 is 0 Å². The normalized spacial score (nSPS) is 10.4. The molecule has 1 amide bonds. The Balaban J connectivity index is 2.29. The second kappa shape index (κ2) is 4.64. The van der Waals surface area contributed by atoms with Crippen LogP contribution in [0.1, 0.15) is 32.8 Å². The summed E-state index contributed by atoms with van der Waals surface area (Å²) >= 11 is 0. The summed E-state index contributed by atoms with van der Waals surface area (Å²) in [6.07, 6.45) is 0. The molecule has 0 bridgehead atoms. The average molecular weight is 244 g/mol. The molecule has 94 valence electrons. The summed E-state index contributed by atoms with van der Waals surface area (Å²) in [6, 6.07) is 5.68. The fourth-order valence-corrected chi connectivity index (χ4v) is 2.14. The number of anilines is 1. The number of aromatic nitrogens is 1. The summed E-state index contributed by atoms with van der Waals surface area (Å²) < 4.78 is 4.92. The SMILES string of the molecule is Cc1cc(C)c(C(=O)Nc2cc(C)on2)c(C)c1. The lowest BCUT2D eigenvalue weighted by molar-refractivity contribution is 0.102. The predicted molar refractivity (Wildman–Crippen MR) is 69.8 cm³/mol. The van der Waals surface area contributed by atoms with Crippen LogP contribution in [0.15, 0.2) is 22.7 Å². The van der Waals surface area contributed by atoms with Crippen LogP contribution in [0.25, 0.3) is 0 Å². The standard InChI is InChI=1S/C14H16N2O2/c1-8-5-9(2)13(10(3)6-8)14(17)15-12-7-11(4)18-16-12/h5-7H,1-4H3,(H,15,16,17). The highest BCUT2D eigenvalue weighted by atomic mass is 16.5. The summed E-state index contributed by atoms with van der Waals surface area (Å²) in [4.78, 5) is 12.2. The summed E-state index contributed by atoms with van der Waals surface area (Å²) in [5, 5.41) is 6.49. The number of nitrogens with zero attached hydrogens (tertiary/aromatic N) is 1. The van der Waals surface area contributed by atoms with Crippen molar-refractivity contribution in [3.8, 4) is 0 Å². The Morgan fingerprint density at radius 1 is 1.11 bits per heavy atom. The predicted octanol–water partition coefficient (Wildman–Crippen LogP) is 3.16. The highest BCUT2D eigenvalue weighted by Crippen LogP contribution is 2.18. The molecule has 18 heavy (non-hydrogen) atoms. The van der Waals surface area contributed by atoms with Crippen molar-refractivity contribution in [1.29, 1.82) is 0 Å². The Labute approximate surface area is 106 Å². The van der Waals surface area contributed by atoms with Crippen LogP contribution in [0.2, 0.25) is 0 Å². The fraction of sp³-hybridized carbons (Fsp3) is 0.286. The molecule has 0 atom stereocenters. The third kappa shape index (κ3) is 2.42. The highest BCUT2D eigenvalue weighted by Gasteiger charge is 2.14. The second-order valence-electron chi connectivity index (χ2n) is 4.55. The molecule has 0 aliphatic carbocycles. The van der Waals surface area contributed by atoms with E-state index in [1.54, 1.807) is 13.0 Å². The van der Waals surface area contributed by atoms with E-state index in [0.29, 0.717) is 17.1 Å². The van der Waals surface area contributed by atoms with Crippen molar-refractivity contribution in [1.82, 2.24) is 5.16 Å². The van der Waals surface area contributed by atoms with Gasteiger partial charge in [0.05, 0.1) is 0 Å². The van der Waals surface area contributed by atoms with Gasteiger partial charge in [0.25, 0.3) is 5.91 Å². The zero-order valence-electron chi connectivity index (χ0n) is 11.0. The molecular formula is C14H16N2O2. The minimum Gasteiger partial charge on any atom is -0.360 e. The molecule has 1 aromatic carbocycles. The third-order valence-corrected chi connectivity index (χ3v) is 2.77. The van der Waals surface area contributed by atoms with Crippen LogP contribution in [-0.4, -0.2) is 11.1 Å². The van der Waals surface area contributed by atoms with E-state index in [-0.39, 0.29) is 5.91 Å². The molecule has 1 aromatic heterocycles. The molecule has 1 heterocycles. The summed E-state index contributed by atoms with van der Waals surface area (Å²) in [5.41, 5.74) is 3.77. The quantitative estimate of drug-likeness (QED) is 0.882. The van der Waals surface area contributed by atoms with Gasteiger partial charge in [-0.1, -0.05) is 22.9 Å². The van der Waals surface area contributed by atoms with Crippen molar-refractivity contribution < 1.29 is 9.32 Å². The molecule has 0 aliphatic heterocycles. The van der Waals surface area contributed by atoms with E-state index in [0.717, 1.165) is 16.7 Å². The van der Waals surface area contributed by atoms with Crippen molar-refractivity contribution in [2.45, 2.75) is 27.7 Å². The monoisotopic (exact) mass is 244 g/mol. The first-order valence-corrected chi connectivity index (χ1v) is 5.80. The minimum absolute atomic E-state index is 0.154. The maximum Gasteiger partial charge on any atom is 0.257 e. The van der Waals surface area contributed by atoms with Crippen LogP contribution in [0, 0.1) is 27.7 Å². The van der Waals surface area contributed by atoms with Crippen molar-refractivity contribution in [3.05, 3.63) is 46.2 Å². The number of benzene rings is 1. The van der Waals surface area contributed by atoms with Crippen LogP contribution in [0.4, 0.5) is 5.82 Å². The first-order valence-electron chi connectivity index (χ1n) is 5.80. The molecule has 0 unspecified atom stereocenters. The van der Waals surface area contributed by atoms with Crippen molar-refractivity contribution in [2.24, 2.45) is 0 Å². The first-order chi connectivity index (χ1) is 8.47. The van der Waals surface area contributed by atoms with Gasteiger partial charge in [-0.05, 0) is 38.8 Å². The van der Waals surface area contributed by atoms with E-state index in [1.807, 2.05) is 32.9 Å². The van der Waals surface area contributed by atoms with Gasteiger partial charge in [-0.15, -0.1) is 0 Å². The number of hydrogen-bond donors (Lipinski definition) is 1. The zero-order chi connectivity index (χ0) is 13.3. The van der Waals surface area contributed by atoms with Gasteiger partial charge in [0.1, 0.15) is 5.76 Å². The van der Waals surface area contributed by atoms with Gasteiger partial charge in [-0.2, -0.15) is 0 Å². The molecule has 1 N–H and O–H groups in total. The van der Waals surface area contributed by atoms with Crippen LogP contribution in [0.3, 0.4) is 0 Å². The number of carbonyl (C=O) groups is 1. The maximum atomic E-state index is 12.2.